The van der Waals surface area contributed by atoms with E-state index in [2.05, 4.69) is 15.4 Å². The largest absolute Gasteiger partial charge is 0.490 e. The number of rotatable bonds is 11. The van der Waals surface area contributed by atoms with Gasteiger partial charge in [0, 0.05) is 24.0 Å². The topological polar surface area (TPSA) is 87.5 Å². The van der Waals surface area contributed by atoms with Crippen LogP contribution in [0.25, 0.3) is 5.82 Å². The first-order chi connectivity index (χ1) is 16.0. The van der Waals surface area contributed by atoms with Crippen LogP contribution in [0.3, 0.4) is 0 Å². The van der Waals surface area contributed by atoms with E-state index in [0.29, 0.717) is 55.6 Å². The summed E-state index contributed by atoms with van der Waals surface area (Å²) in [5.74, 6) is 2.09. The third kappa shape index (κ3) is 5.63. The summed E-state index contributed by atoms with van der Waals surface area (Å²) in [6, 6.07) is 9.12. The van der Waals surface area contributed by atoms with Crippen LogP contribution in [-0.2, 0) is 6.42 Å². The summed E-state index contributed by atoms with van der Waals surface area (Å²) in [4.78, 5) is 17.3. The maximum absolute atomic E-state index is 12.9. The van der Waals surface area contributed by atoms with Crippen molar-refractivity contribution in [1.82, 2.24) is 20.1 Å². The zero-order valence-electron chi connectivity index (χ0n) is 20.0. The van der Waals surface area contributed by atoms with E-state index in [1.807, 2.05) is 57.5 Å². The predicted octanol–water partition coefficient (Wildman–Crippen LogP) is 4.05. The Balaban J connectivity index is 1.74. The average Bonchev–Trinajstić information content (AvgIpc) is 3.10. The summed E-state index contributed by atoms with van der Waals surface area (Å²) >= 11 is 0. The molecule has 1 N–H and O–H groups in total. The average molecular weight is 453 g/mol. The van der Waals surface area contributed by atoms with Crippen LogP contribution in [0, 0.1) is 13.8 Å². The zero-order valence-corrected chi connectivity index (χ0v) is 20.0. The molecule has 33 heavy (non-hydrogen) atoms. The third-order valence-electron chi connectivity index (χ3n) is 5.14. The maximum atomic E-state index is 12.9. The highest BCUT2D eigenvalue weighted by Gasteiger charge is 2.19. The lowest BCUT2D eigenvalue weighted by Crippen LogP contribution is -2.26. The molecule has 3 aromatic rings. The van der Waals surface area contributed by atoms with Crippen molar-refractivity contribution in [3.8, 4) is 23.1 Å². The van der Waals surface area contributed by atoms with Crippen LogP contribution in [0.4, 0.5) is 0 Å². The second-order valence-corrected chi connectivity index (χ2v) is 7.36. The molecule has 0 unspecified atom stereocenters. The number of hydrogen-bond donors (Lipinski definition) is 1. The predicted molar refractivity (Wildman–Crippen MR) is 127 cm³/mol. The van der Waals surface area contributed by atoms with Crippen molar-refractivity contribution in [2.75, 3.05) is 26.4 Å². The minimum Gasteiger partial charge on any atom is -0.490 e. The van der Waals surface area contributed by atoms with Gasteiger partial charge in [0.05, 0.1) is 25.5 Å². The van der Waals surface area contributed by atoms with Crippen LogP contribution in [0.2, 0.25) is 0 Å². The normalized spacial score (nSPS) is 10.7. The molecule has 0 saturated carbocycles. The van der Waals surface area contributed by atoms with Crippen LogP contribution in [0.5, 0.6) is 17.2 Å². The number of aromatic nitrogens is 3. The SMILES string of the molecule is CCOc1cc(C(=O)NCCc2c(C)nn(-c3ccccn3)c2C)cc(OCC)c1OCC. The Hall–Kier alpha value is -3.55. The van der Waals surface area contributed by atoms with Gasteiger partial charge < -0.3 is 19.5 Å². The number of benzene rings is 1. The molecule has 0 radical (unpaired) electrons. The van der Waals surface area contributed by atoms with E-state index < -0.39 is 0 Å². The van der Waals surface area contributed by atoms with Gasteiger partial charge in [-0.05, 0) is 70.9 Å². The summed E-state index contributed by atoms with van der Waals surface area (Å²) in [5, 5.41) is 7.62. The Morgan fingerprint density at radius 2 is 1.67 bits per heavy atom. The Morgan fingerprint density at radius 1 is 1.00 bits per heavy atom. The van der Waals surface area contributed by atoms with Crippen molar-refractivity contribution in [3.05, 3.63) is 59.0 Å². The fraction of sp³-hybridized carbons (Fsp3) is 0.400. The number of aryl methyl sites for hydroxylation is 1. The number of pyridine rings is 1. The quantitative estimate of drug-likeness (QED) is 0.472. The molecule has 0 aliphatic carbocycles. The first kappa shape index (κ1) is 24.1. The number of carbonyl (C=O) groups excluding carboxylic acids is 1. The minimum absolute atomic E-state index is 0.202. The molecule has 8 heteroatoms. The van der Waals surface area contributed by atoms with Gasteiger partial charge in [-0.25, -0.2) is 9.67 Å². The number of ether oxygens (including phenoxy) is 3. The molecule has 1 aromatic carbocycles. The molecule has 2 heterocycles. The molecule has 0 atom stereocenters. The summed E-state index contributed by atoms with van der Waals surface area (Å²) in [6.45, 7) is 11.5. The number of amides is 1. The molecule has 0 spiro atoms. The van der Waals surface area contributed by atoms with E-state index in [9.17, 15) is 4.79 Å². The monoisotopic (exact) mass is 452 g/mol. The molecular formula is C25H32N4O4. The van der Waals surface area contributed by atoms with Gasteiger partial charge >= 0.3 is 0 Å². The van der Waals surface area contributed by atoms with Crippen molar-refractivity contribution < 1.29 is 19.0 Å². The molecule has 0 fully saturated rings. The molecule has 0 aliphatic heterocycles. The van der Waals surface area contributed by atoms with Gasteiger partial charge in [0.15, 0.2) is 17.3 Å². The highest BCUT2D eigenvalue weighted by atomic mass is 16.5. The second kappa shape index (κ2) is 11.4. The lowest BCUT2D eigenvalue weighted by molar-refractivity contribution is 0.0953. The zero-order chi connectivity index (χ0) is 23.8. The van der Waals surface area contributed by atoms with Crippen molar-refractivity contribution in [2.45, 2.75) is 41.0 Å². The maximum Gasteiger partial charge on any atom is 0.251 e. The summed E-state index contributed by atoms with van der Waals surface area (Å²) in [6.07, 6.45) is 2.40. The molecular weight excluding hydrogens is 420 g/mol. The Labute approximate surface area is 194 Å². The van der Waals surface area contributed by atoms with Gasteiger partial charge in [-0.15, -0.1) is 0 Å². The molecule has 0 saturated heterocycles. The number of hydrogen-bond acceptors (Lipinski definition) is 6. The van der Waals surface area contributed by atoms with Crippen molar-refractivity contribution in [2.24, 2.45) is 0 Å². The molecule has 2 aromatic heterocycles. The van der Waals surface area contributed by atoms with Gasteiger partial charge in [0.1, 0.15) is 0 Å². The third-order valence-corrected chi connectivity index (χ3v) is 5.14. The molecule has 8 nitrogen and oxygen atoms in total. The second-order valence-electron chi connectivity index (χ2n) is 7.36. The molecule has 0 aliphatic rings. The van der Waals surface area contributed by atoms with Gasteiger partial charge in [-0.2, -0.15) is 5.10 Å². The Kier molecular flexibility index (Phi) is 8.29. The first-order valence-corrected chi connectivity index (χ1v) is 11.3. The standard InChI is InChI=1S/C25H32N4O4/c1-6-31-21-15-19(16-22(32-7-2)24(21)33-8-3)25(30)27-14-12-20-17(4)28-29(18(20)5)23-11-9-10-13-26-23/h9-11,13,15-16H,6-8,12,14H2,1-5H3,(H,27,30). The number of nitrogens with zero attached hydrogens (tertiary/aromatic N) is 3. The van der Waals surface area contributed by atoms with Crippen LogP contribution in [-0.4, -0.2) is 47.0 Å². The van der Waals surface area contributed by atoms with E-state index in [1.165, 1.54) is 0 Å². The van der Waals surface area contributed by atoms with E-state index >= 15 is 0 Å². The van der Waals surface area contributed by atoms with Crippen molar-refractivity contribution in [1.29, 1.82) is 0 Å². The first-order valence-electron chi connectivity index (χ1n) is 11.3. The fourth-order valence-electron chi connectivity index (χ4n) is 3.66. The van der Waals surface area contributed by atoms with Crippen molar-refractivity contribution in [3.63, 3.8) is 0 Å². The van der Waals surface area contributed by atoms with Crippen molar-refractivity contribution >= 4 is 5.91 Å². The van der Waals surface area contributed by atoms with Crippen LogP contribution >= 0.6 is 0 Å². The summed E-state index contributed by atoms with van der Waals surface area (Å²) in [5.41, 5.74) is 3.49. The van der Waals surface area contributed by atoms with Gasteiger partial charge in [-0.3, -0.25) is 4.79 Å². The minimum atomic E-state index is -0.202. The summed E-state index contributed by atoms with van der Waals surface area (Å²) < 4.78 is 19.0. The van der Waals surface area contributed by atoms with Gasteiger partial charge in [0.2, 0.25) is 5.75 Å². The smallest absolute Gasteiger partial charge is 0.251 e. The fourth-order valence-corrected chi connectivity index (χ4v) is 3.66. The van der Waals surface area contributed by atoms with Crippen LogP contribution in [0.1, 0.15) is 48.1 Å². The number of nitrogens with one attached hydrogen (secondary N) is 1. The number of carbonyl (C=O) groups is 1. The highest BCUT2D eigenvalue weighted by Crippen LogP contribution is 2.39. The van der Waals surface area contributed by atoms with Gasteiger partial charge in [-0.1, -0.05) is 6.07 Å². The molecule has 0 bridgehead atoms. The van der Waals surface area contributed by atoms with Crippen LogP contribution < -0.4 is 19.5 Å². The van der Waals surface area contributed by atoms with E-state index in [0.717, 1.165) is 22.8 Å². The lowest BCUT2D eigenvalue weighted by atomic mass is 10.1. The molecule has 176 valence electrons. The summed E-state index contributed by atoms with van der Waals surface area (Å²) in [7, 11) is 0. The highest BCUT2D eigenvalue weighted by molar-refractivity contribution is 5.95. The Morgan fingerprint density at radius 3 is 2.24 bits per heavy atom. The molecule has 1 amide bonds. The van der Waals surface area contributed by atoms with E-state index in [1.54, 1.807) is 18.3 Å². The lowest BCUT2D eigenvalue weighted by Gasteiger charge is -2.17. The Bertz CT molecular complexity index is 1050. The molecule has 3 rings (SSSR count). The van der Waals surface area contributed by atoms with Gasteiger partial charge in [0.25, 0.3) is 5.91 Å². The van der Waals surface area contributed by atoms with Crippen LogP contribution in [0.15, 0.2) is 36.5 Å². The van der Waals surface area contributed by atoms with E-state index in [4.69, 9.17) is 14.2 Å². The van der Waals surface area contributed by atoms with E-state index in [-0.39, 0.29) is 5.91 Å².